The van der Waals surface area contributed by atoms with Gasteiger partial charge in [0, 0.05) is 43.9 Å². The summed E-state index contributed by atoms with van der Waals surface area (Å²) in [5, 5.41) is 2.81. The Bertz CT molecular complexity index is 834. The second kappa shape index (κ2) is 6.69. The van der Waals surface area contributed by atoms with E-state index in [1.165, 1.54) is 18.3 Å². The molecule has 0 spiro atoms. The maximum absolute atomic E-state index is 12.0. The first-order chi connectivity index (χ1) is 11.2. The molecule has 0 saturated carbocycles. The summed E-state index contributed by atoms with van der Waals surface area (Å²) in [6.45, 7) is 1.01. The lowest BCUT2D eigenvalue weighted by atomic mass is 10.2. The van der Waals surface area contributed by atoms with Crippen molar-refractivity contribution in [2.24, 2.45) is 0 Å². The van der Waals surface area contributed by atoms with E-state index in [-0.39, 0.29) is 11.5 Å². The smallest absolute Gasteiger partial charge is 0.252 e. The van der Waals surface area contributed by atoms with Crippen LogP contribution < -0.4 is 10.9 Å². The third-order valence-corrected chi connectivity index (χ3v) is 3.29. The summed E-state index contributed by atoms with van der Waals surface area (Å²) in [7, 11) is 0. The first kappa shape index (κ1) is 14.7. The molecule has 0 aliphatic carbocycles. The molecule has 0 unspecified atom stereocenters. The second-order valence-electron chi connectivity index (χ2n) is 4.86. The van der Waals surface area contributed by atoms with Crippen molar-refractivity contribution < 1.29 is 4.79 Å². The van der Waals surface area contributed by atoms with Crippen LogP contribution >= 0.6 is 0 Å². The van der Waals surface area contributed by atoms with Crippen LogP contribution in [0.2, 0.25) is 0 Å². The van der Waals surface area contributed by atoms with Crippen molar-refractivity contribution in [1.29, 1.82) is 0 Å². The monoisotopic (exact) mass is 309 g/mol. The largest absolute Gasteiger partial charge is 0.350 e. The predicted octanol–water partition coefficient (Wildman–Crippen LogP) is 1.06. The van der Waals surface area contributed by atoms with Crippen LogP contribution in [0.15, 0.2) is 59.9 Å². The number of carbonyl (C=O) groups excluding carboxylic acids is 1. The Morgan fingerprint density at radius 2 is 2.09 bits per heavy atom. The number of nitrogens with zero attached hydrogens (tertiary/aromatic N) is 3. The Balaban J connectivity index is 1.61. The molecular formula is C16H15N5O2. The minimum atomic E-state index is -0.236. The van der Waals surface area contributed by atoms with Crippen LogP contribution in [0, 0.1) is 0 Å². The fraction of sp³-hybridized carbons (Fsp3) is 0.125. The number of hydrogen-bond acceptors (Lipinski definition) is 4. The van der Waals surface area contributed by atoms with E-state index < -0.39 is 0 Å². The highest BCUT2D eigenvalue weighted by molar-refractivity contribution is 5.93. The average Bonchev–Trinajstić information content (AvgIpc) is 3.05. The van der Waals surface area contributed by atoms with E-state index in [0.29, 0.717) is 18.7 Å². The molecule has 2 N–H and O–H groups in total. The quantitative estimate of drug-likeness (QED) is 0.737. The Morgan fingerprint density at radius 3 is 2.83 bits per heavy atom. The molecule has 0 aliphatic heterocycles. The van der Waals surface area contributed by atoms with Crippen LogP contribution in [-0.2, 0) is 6.54 Å². The summed E-state index contributed by atoms with van der Waals surface area (Å²) in [6.07, 6.45) is 6.66. The standard InChI is InChI=1S/C16H15N5O2/c22-14-5-4-12(11-20-14)16(23)19-8-10-21-9-7-18-15(21)13-3-1-2-6-17-13/h1-7,9,11H,8,10H2,(H,19,23)(H,20,22). The van der Waals surface area contributed by atoms with Crippen LogP contribution in [0.3, 0.4) is 0 Å². The van der Waals surface area contributed by atoms with Gasteiger partial charge in [-0.2, -0.15) is 0 Å². The maximum Gasteiger partial charge on any atom is 0.252 e. The number of nitrogens with one attached hydrogen (secondary N) is 2. The fourth-order valence-corrected chi connectivity index (χ4v) is 2.16. The predicted molar refractivity (Wildman–Crippen MR) is 84.9 cm³/mol. The molecule has 3 rings (SSSR count). The highest BCUT2D eigenvalue weighted by Crippen LogP contribution is 2.13. The van der Waals surface area contributed by atoms with E-state index in [2.05, 4.69) is 20.3 Å². The van der Waals surface area contributed by atoms with Gasteiger partial charge in [-0.05, 0) is 18.2 Å². The number of imidazole rings is 1. The highest BCUT2D eigenvalue weighted by Gasteiger charge is 2.08. The second-order valence-corrected chi connectivity index (χ2v) is 4.86. The number of H-pyrrole nitrogens is 1. The number of pyridine rings is 2. The SMILES string of the molecule is O=C(NCCn1ccnc1-c1ccccn1)c1ccc(=O)[nH]c1. The van der Waals surface area contributed by atoms with Gasteiger partial charge in [-0.15, -0.1) is 0 Å². The summed E-state index contributed by atoms with van der Waals surface area (Å²) in [5.74, 6) is 0.518. The van der Waals surface area contributed by atoms with E-state index in [4.69, 9.17) is 0 Å². The van der Waals surface area contributed by atoms with Gasteiger partial charge >= 0.3 is 0 Å². The Morgan fingerprint density at radius 1 is 1.17 bits per heavy atom. The van der Waals surface area contributed by atoms with Gasteiger partial charge in [0.05, 0.1) is 5.56 Å². The fourth-order valence-electron chi connectivity index (χ4n) is 2.16. The first-order valence-corrected chi connectivity index (χ1v) is 7.13. The third kappa shape index (κ3) is 3.52. The maximum atomic E-state index is 12.0. The molecule has 7 heteroatoms. The van der Waals surface area contributed by atoms with Gasteiger partial charge in [-0.1, -0.05) is 6.07 Å². The van der Waals surface area contributed by atoms with Gasteiger partial charge in [0.25, 0.3) is 5.91 Å². The van der Waals surface area contributed by atoms with E-state index in [1.807, 2.05) is 29.0 Å². The Hall–Kier alpha value is -3.22. The Kier molecular flexibility index (Phi) is 4.28. The number of rotatable bonds is 5. The van der Waals surface area contributed by atoms with Crippen molar-refractivity contribution in [3.8, 4) is 11.5 Å². The zero-order valence-electron chi connectivity index (χ0n) is 12.3. The van der Waals surface area contributed by atoms with Crippen molar-refractivity contribution in [3.05, 3.63) is 71.0 Å². The van der Waals surface area contributed by atoms with E-state index in [1.54, 1.807) is 12.4 Å². The van der Waals surface area contributed by atoms with Crippen molar-refractivity contribution in [3.63, 3.8) is 0 Å². The van der Waals surface area contributed by atoms with Crippen LogP contribution in [0.5, 0.6) is 0 Å². The zero-order chi connectivity index (χ0) is 16.1. The van der Waals surface area contributed by atoms with Crippen LogP contribution in [0.4, 0.5) is 0 Å². The van der Waals surface area contributed by atoms with Gasteiger partial charge in [-0.3, -0.25) is 14.6 Å². The van der Waals surface area contributed by atoms with Crippen molar-refractivity contribution in [1.82, 2.24) is 24.8 Å². The molecule has 0 aromatic carbocycles. The van der Waals surface area contributed by atoms with Gasteiger partial charge in [0.1, 0.15) is 5.69 Å². The van der Waals surface area contributed by atoms with Crippen molar-refractivity contribution in [2.75, 3.05) is 6.54 Å². The van der Waals surface area contributed by atoms with E-state index in [0.717, 1.165) is 11.5 Å². The van der Waals surface area contributed by atoms with Crippen molar-refractivity contribution >= 4 is 5.91 Å². The summed E-state index contributed by atoms with van der Waals surface area (Å²) >= 11 is 0. The first-order valence-electron chi connectivity index (χ1n) is 7.13. The molecule has 0 aliphatic rings. The number of aromatic amines is 1. The molecule has 116 valence electrons. The lowest BCUT2D eigenvalue weighted by Crippen LogP contribution is -2.27. The van der Waals surface area contributed by atoms with Crippen molar-refractivity contribution in [2.45, 2.75) is 6.54 Å². The van der Waals surface area contributed by atoms with E-state index in [9.17, 15) is 9.59 Å². The number of hydrogen-bond donors (Lipinski definition) is 2. The molecule has 0 saturated heterocycles. The molecule has 0 bridgehead atoms. The van der Waals surface area contributed by atoms with Gasteiger partial charge in [-0.25, -0.2) is 4.98 Å². The topological polar surface area (TPSA) is 92.7 Å². The lowest BCUT2D eigenvalue weighted by Gasteiger charge is -2.08. The molecular weight excluding hydrogens is 294 g/mol. The molecule has 23 heavy (non-hydrogen) atoms. The normalized spacial score (nSPS) is 10.4. The van der Waals surface area contributed by atoms with E-state index >= 15 is 0 Å². The Labute approximate surface area is 132 Å². The summed E-state index contributed by atoms with van der Waals surface area (Å²) < 4.78 is 1.93. The summed E-state index contributed by atoms with van der Waals surface area (Å²) in [5.41, 5.74) is 0.963. The zero-order valence-corrected chi connectivity index (χ0v) is 12.3. The minimum absolute atomic E-state index is 0.235. The number of aromatic nitrogens is 4. The molecule has 3 aromatic rings. The molecule has 0 radical (unpaired) electrons. The summed E-state index contributed by atoms with van der Waals surface area (Å²) in [4.78, 5) is 34.0. The van der Waals surface area contributed by atoms with Crippen LogP contribution in [0.1, 0.15) is 10.4 Å². The van der Waals surface area contributed by atoms with Crippen LogP contribution in [0.25, 0.3) is 11.5 Å². The summed E-state index contributed by atoms with van der Waals surface area (Å²) in [6, 6.07) is 8.45. The highest BCUT2D eigenvalue weighted by atomic mass is 16.1. The average molecular weight is 309 g/mol. The van der Waals surface area contributed by atoms with Gasteiger partial charge in [0.15, 0.2) is 5.82 Å². The van der Waals surface area contributed by atoms with Crippen LogP contribution in [-0.4, -0.2) is 32.0 Å². The van der Waals surface area contributed by atoms with Gasteiger partial charge < -0.3 is 14.9 Å². The number of carbonyl (C=O) groups is 1. The molecule has 0 atom stereocenters. The molecule has 3 heterocycles. The molecule has 3 aromatic heterocycles. The lowest BCUT2D eigenvalue weighted by molar-refractivity contribution is 0.0952. The molecule has 0 fully saturated rings. The minimum Gasteiger partial charge on any atom is -0.350 e. The third-order valence-electron chi connectivity index (χ3n) is 3.29. The molecule has 7 nitrogen and oxygen atoms in total. The molecule has 1 amide bonds. The number of amides is 1. The van der Waals surface area contributed by atoms with Gasteiger partial charge in [0.2, 0.25) is 5.56 Å².